The summed E-state index contributed by atoms with van der Waals surface area (Å²) in [6, 6.07) is 1.47. The van der Waals surface area contributed by atoms with E-state index in [0.717, 1.165) is 4.47 Å². The molecule has 0 aliphatic rings. The number of aromatic nitrogens is 4. The number of hydrogen-bond donors (Lipinski definition) is 2. The molecule has 0 aliphatic heterocycles. The zero-order chi connectivity index (χ0) is 12.3. The monoisotopic (exact) mass is 295 g/mol. The fourth-order valence-corrected chi connectivity index (χ4v) is 1.67. The predicted octanol–water partition coefficient (Wildman–Crippen LogP) is 1.45. The van der Waals surface area contributed by atoms with Crippen LogP contribution in [0.2, 0.25) is 0 Å². The van der Waals surface area contributed by atoms with E-state index in [0.29, 0.717) is 11.4 Å². The first-order valence-electron chi connectivity index (χ1n) is 4.93. The Labute approximate surface area is 106 Å². The van der Waals surface area contributed by atoms with Gasteiger partial charge in [0.05, 0.1) is 11.6 Å². The van der Waals surface area contributed by atoms with Gasteiger partial charge in [-0.05, 0) is 28.9 Å². The highest BCUT2D eigenvalue weighted by molar-refractivity contribution is 9.10. The maximum Gasteiger partial charge on any atom is 0.253 e. The summed E-state index contributed by atoms with van der Waals surface area (Å²) in [5, 5.41) is 9.23. The van der Waals surface area contributed by atoms with Crippen LogP contribution in [0.15, 0.2) is 29.3 Å². The molecule has 0 saturated carbocycles. The number of carbonyl (C=O) groups excluding carboxylic acids is 1. The number of nitrogens with zero attached hydrogens (tertiary/aromatic N) is 3. The lowest BCUT2D eigenvalue weighted by Gasteiger charge is -2.10. The van der Waals surface area contributed by atoms with Crippen LogP contribution < -0.4 is 5.32 Å². The SMILES string of the molecule is CC(NC(=O)c1cncc(Br)c1)c1ncn[nH]1. The van der Waals surface area contributed by atoms with Crippen LogP contribution in [0.3, 0.4) is 0 Å². The van der Waals surface area contributed by atoms with Crippen LogP contribution >= 0.6 is 15.9 Å². The largest absolute Gasteiger partial charge is 0.342 e. The van der Waals surface area contributed by atoms with Crippen LogP contribution in [0.25, 0.3) is 0 Å². The van der Waals surface area contributed by atoms with Crippen LogP contribution in [-0.4, -0.2) is 26.1 Å². The van der Waals surface area contributed by atoms with Crippen molar-refractivity contribution in [2.75, 3.05) is 0 Å². The summed E-state index contributed by atoms with van der Waals surface area (Å²) in [7, 11) is 0. The highest BCUT2D eigenvalue weighted by Gasteiger charge is 2.13. The average molecular weight is 296 g/mol. The summed E-state index contributed by atoms with van der Waals surface area (Å²) in [5.41, 5.74) is 0.491. The first kappa shape index (κ1) is 11.7. The number of hydrogen-bond acceptors (Lipinski definition) is 4. The van der Waals surface area contributed by atoms with Gasteiger partial charge in [-0.15, -0.1) is 0 Å². The number of halogens is 1. The Hall–Kier alpha value is -1.76. The van der Waals surface area contributed by atoms with Gasteiger partial charge in [0.2, 0.25) is 0 Å². The molecule has 0 bridgehead atoms. The molecule has 0 saturated heterocycles. The van der Waals surface area contributed by atoms with Gasteiger partial charge >= 0.3 is 0 Å². The van der Waals surface area contributed by atoms with Gasteiger partial charge in [-0.3, -0.25) is 14.9 Å². The summed E-state index contributed by atoms with van der Waals surface area (Å²) < 4.78 is 0.762. The number of amides is 1. The van der Waals surface area contributed by atoms with E-state index in [1.807, 2.05) is 6.92 Å². The number of pyridine rings is 1. The third-order valence-corrected chi connectivity index (χ3v) is 2.59. The average Bonchev–Trinajstić information content (AvgIpc) is 2.82. The number of rotatable bonds is 3. The number of carbonyl (C=O) groups is 1. The fourth-order valence-electron chi connectivity index (χ4n) is 1.31. The molecule has 6 nitrogen and oxygen atoms in total. The Bertz CT molecular complexity index is 513. The maximum absolute atomic E-state index is 11.9. The van der Waals surface area contributed by atoms with Crippen molar-refractivity contribution in [3.8, 4) is 0 Å². The fraction of sp³-hybridized carbons (Fsp3) is 0.200. The highest BCUT2D eigenvalue weighted by atomic mass is 79.9. The summed E-state index contributed by atoms with van der Waals surface area (Å²) in [6.45, 7) is 1.82. The van der Waals surface area contributed by atoms with Crippen molar-refractivity contribution in [3.05, 3.63) is 40.6 Å². The van der Waals surface area contributed by atoms with Gasteiger partial charge < -0.3 is 5.32 Å². The smallest absolute Gasteiger partial charge is 0.253 e. The molecular formula is C10H10BrN5O. The van der Waals surface area contributed by atoms with Gasteiger partial charge in [-0.1, -0.05) is 0 Å². The van der Waals surface area contributed by atoms with Crippen molar-refractivity contribution in [1.29, 1.82) is 0 Å². The Kier molecular flexibility index (Phi) is 3.48. The molecule has 2 N–H and O–H groups in total. The Morgan fingerprint density at radius 3 is 3.00 bits per heavy atom. The second kappa shape index (κ2) is 5.05. The highest BCUT2D eigenvalue weighted by Crippen LogP contribution is 2.11. The van der Waals surface area contributed by atoms with Gasteiger partial charge in [-0.25, -0.2) is 4.98 Å². The van der Waals surface area contributed by atoms with E-state index in [1.165, 1.54) is 12.5 Å². The van der Waals surface area contributed by atoms with Gasteiger partial charge in [-0.2, -0.15) is 5.10 Å². The van der Waals surface area contributed by atoms with Crippen molar-refractivity contribution in [2.45, 2.75) is 13.0 Å². The van der Waals surface area contributed by atoms with Gasteiger partial charge in [0.1, 0.15) is 12.2 Å². The Morgan fingerprint density at radius 2 is 2.35 bits per heavy atom. The number of nitrogens with one attached hydrogen (secondary N) is 2. The van der Waals surface area contributed by atoms with Crippen molar-refractivity contribution in [2.24, 2.45) is 0 Å². The standard InChI is InChI=1S/C10H10BrN5O/c1-6(9-13-5-14-16-9)15-10(17)7-2-8(11)4-12-3-7/h2-6H,1H3,(H,15,17)(H,13,14,16). The zero-order valence-corrected chi connectivity index (χ0v) is 10.6. The molecule has 0 aromatic carbocycles. The Morgan fingerprint density at radius 1 is 1.53 bits per heavy atom. The normalized spacial score (nSPS) is 12.1. The molecule has 0 fully saturated rings. The van der Waals surface area contributed by atoms with Gasteiger partial charge in [0.15, 0.2) is 0 Å². The van der Waals surface area contributed by atoms with E-state index in [2.05, 4.69) is 41.4 Å². The van der Waals surface area contributed by atoms with E-state index >= 15 is 0 Å². The second-order valence-electron chi connectivity index (χ2n) is 3.46. The lowest BCUT2D eigenvalue weighted by atomic mass is 10.2. The summed E-state index contributed by atoms with van der Waals surface area (Å²) >= 11 is 3.26. The minimum atomic E-state index is -0.232. The predicted molar refractivity (Wildman–Crippen MR) is 64.2 cm³/mol. The molecule has 0 radical (unpaired) electrons. The maximum atomic E-state index is 11.9. The molecule has 17 heavy (non-hydrogen) atoms. The molecule has 0 aliphatic carbocycles. The molecule has 0 spiro atoms. The quantitative estimate of drug-likeness (QED) is 0.898. The van der Waals surface area contributed by atoms with Crippen molar-refractivity contribution in [1.82, 2.24) is 25.5 Å². The van der Waals surface area contributed by atoms with Crippen molar-refractivity contribution < 1.29 is 4.79 Å². The minimum Gasteiger partial charge on any atom is -0.342 e. The van der Waals surface area contributed by atoms with Crippen LogP contribution in [-0.2, 0) is 0 Å². The van der Waals surface area contributed by atoms with Crippen molar-refractivity contribution in [3.63, 3.8) is 0 Å². The number of H-pyrrole nitrogens is 1. The summed E-state index contributed by atoms with van der Waals surface area (Å²) in [5.74, 6) is 0.406. The molecule has 1 unspecified atom stereocenters. The van der Waals surface area contributed by atoms with Gasteiger partial charge in [0, 0.05) is 16.9 Å². The molecule has 88 valence electrons. The first-order valence-corrected chi connectivity index (χ1v) is 5.73. The lowest BCUT2D eigenvalue weighted by Crippen LogP contribution is -2.27. The van der Waals surface area contributed by atoms with Crippen LogP contribution in [0.4, 0.5) is 0 Å². The minimum absolute atomic E-state index is 0.206. The second-order valence-corrected chi connectivity index (χ2v) is 4.37. The van der Waals surface area contributed by atoms with E-state index < -0.39 is 0 Å². The van der Waals surface area contributed by atoms with Crippen LogP contribution in [0.5, 0.6) is 0 Å². The van der Waals surface area contributed by atoms with Crippen LogP contribution in [0, 0.1) is 0 Å². The number of aromatic amines is 1. The van der Waals surface area contributed by atoms with E-state index in [1.54, 1.807) is 12.3 Å². The first-order chi connectivity index (χ1) is 8.16. The third kappa shape index (κ3) is 2.88. The van der Waals surface area contributed by atoms with E-state index in [4.69, 9.17) is 0 Å². The van der Waals surface area contributed by atoms with Crippen molar-refractivity contribution >= 4 is 21.8 Å². The molecule has 7 heteroatoms. The molecule has 1 atom stereocenters. The lowest BCUT2D eigenvalue weighted by molar-refractivity contribution is 0.0938. The Balaban J connectivity index is 2.07. The molecule has 2 rings (SSSR count). The zero-order valence-electron chi connectivity index (χ0n) is 9.01. The molecule has 2 aromatic rings. The summed E-state index contributed by atoms with van der Waals surface area (Å²) in [4.78, 5) is 19.8. The third-order valence-electron chi connectivity index (χ3n) is 2.16. The molecule has 2 heterocycles. The molecule has 2 aromatic heterocycles. The van der Waals surface area contributed by atoms with Gasteiger partial charge in [0.25, 0.3) is 5.91 Å². The van der Waals surface area contributed by atoms with E-state index in [9.17, 15) is 4.79 Å². The topological polar surface area (TPSA) is 83.6 Å². The van der Waals surface area contributed by atoms with E-state index in [-0.39, 0.29) is 11.9 Å². The van der Waals surface area contributed by atoms with Crippen LogP contribution in [0.1, 0.15) is 29.1 Å². The molecule has 1 amide bonds. The summed E-state index contributed by atoms with van der Waals surface area (Å²) in [6.07, 6.45) is 4.53. The molecular weight excluding hydrogens is 286 g/mol.